The highest BCUT2D eigenvalue weighted by Gasteiger charge is 2.19. The summed E-state index contributed by atoms with van der Waals surface area (Å²) >= 11 is 0. The van der Waals surface area contributed by atoms with E-state index in [0.717, 1.165) is 24.0 Å². The maximum absolute atomic E-state index is 12.2. The van der Waals surface area contributed by atoms with Gasteiger partial charge in [-0.1, -0.05) is 0 Å². The summed E-state index contributed by atoms with van der Waals surface area (Å²) in [6, 6.07) is 3.56. The number of hydrogen-bond donors (Lipinski definition) is 1. The summed E-state index contributed by atoms with van der Waals surface area (Å²) in [5.74, 6) is 0.275. The number of amides is 1. The van der Waals surface area contributed by atoms with E-state index in [1.54, 1.807) is 17.2 Å². The molecule has 0 bridgehead atoms. The number of carbonyl (C=O) groups is 2. The van der Waals surface area contributed by atoms with E-state index in [2.05, 4.69) is 10.4 Å². The van der Waals surface area contributed by atoms with Gasteiger partial charge in [0.15, 0.2) is 0 Å². The molecule has 22 heavy (non-hydrogen) atoms. The highest BCUT2D eigenvalue weighted by atomic mass is 16.6. The van der Waals surface area contributed by atoms with Crippen molar-refractivity contribution in [1.82, 2.24) is 20.0 Å². The van der Waals surface area contributed by atoms with Crippen LogP contribution in [0.5, 0.6) is 5.75 Å². The van der Waals surface area contributed by atoms with Crippen LogP contribution in [0.25, 0.3) is 10.9 Å². The van der Waals surface area contributed by atoms with Crippen molar-refractivity contribution in [2.24, 2.45) is 0 Å². The molecule has 1 aliphatic heterocycles. The van der Waals surface area contributed by atoms with Crippen LogP contribution in [0.4, 0.5) is 4.79 Å². The molecule has 0 radical (unpaired) electrons. The van der Waals surface area contributed by atoms with Gasteiger partial charge in [0.25, 0.3) is 0 Å². The first-order valence-electron chi connectivity index (χ1n) is 7.23. The molecule has 0 atom stereocenters. The second-order valence-corrected chi connectivity index (χ2v) is 5.36. The van der Waals surface area contributed by atoms with Gasteiger partial charge in [0, 0.05) is 44.6 Å². The molecule has 3 rings (SSSR count). The van der Waals surface area contributed by atoms with E-state index < -0.39 is 0 Å². The summed E-state index contributed by atoms with van der Waals surface area (Å²) in [4.78, 5) is 25.4. The number of nitrogens with one attached hydrogen (secondary N) is 1. The Morgan fingerprint density at radius 2 is 2.00 bits per heavy atom. The Kier molecular flexibility index (Phi) is 3.81. The maximum atomic E-state index is 12.2. The third-order valence-electron chi connectivity index (χ3n) is 3.74. The van der Waals surface area contributed by atoms with Crippen molar-refractivity contribution in [1.29, 1.82) is 0 Å². The summed E-state index contributed by atoms with van der Waals surface area (Å²) in [6.07, 6.45) is 1.27. The molecule has 7 nitrogen and oxygen atoms in total. The zero-order chi connectivity index (χ0) is 15.7. The standard InChI is InChI=1S/C15H18N4O3/c1-10-7-12-9-17-19(11(2)20)13(12)8-14(10)22-15(21)18-5-3-16-4-6-18/h7-9,16H,3-6H2,1-2H3. The number of nitrogens with zero attached hydrogens (tertiary/aromatic N) is 3. The van der Waals surface area contributed by atoms with Gasteiger partial charge in [0.1, 0.15) is 5.75 Å². The van der Waals surface area contributed by atoms with Crippen LogP contribution in [-0.4, -0.2) is 52.9 Å². The Bertz CT molecular complexity index is 732. The normalized spacial score (nSPS) is 15.1. The molecule has 2 aromatic rings. The second kappa shape index (κ2) is 5.76. The van der Waals surface area contributed by atoms with E-state index in [9.17, 15) is 9.59 Å². The summed E-state index contributed by atoms with van der Waals surface area (Å²) in [5, 5.41) is 8.08. The Labute approximate surface area is 127 Å². The first kappa shape index (κ1) is 14.5. The van der Waals surface area contributed by atoms with Crippen LogP contribution in [0.1, 0.15) is 17.3 Å². The molecule has 1 aliphatic rings. The number of piperazine rings is 1. The Morgan fingerprint density at radius 1 is 1.27 bits per heavy atom. The molecular weight excluding hydrogens is 284 g/mol. The molecule has 116 valence electrons. The average Bonchev–Trinajstić information content (AvgIpc) is 2.91. The SMILES string of the molecule is CC(=O)n1ncc2cc(C)c(OC(=O)N3CCNCC3)cc21. The summed E-state index contributed by atoms with van der Waals surface area (Å²) in [7, 11) is 0. The average molecular weight is 302 g/mol. The molecule has 1 N–H and O–H groups in total. The smallest absolute Gasteiger partial charge is 0.410 e. The summed E-state index contributed by atoms with van der Waals surface area (Å²) in [6.45, 7) is 6.11. The molecule has 0 saturated carbocycles. The Morgan fingerprint density at radius 3 is 2.68 bits per heavy atom. The molecule has 1 fully saturated rings. The van der Waals surface area contributed by atoms with Crippen molar-refractivity contribution in [2.45, 2.75) is 13.8 Å². The molecule has 0 unspecified atom stereocenters. The van der Waals surface area contributed by atoms with Crippen LogP contribution in [0.2, 0.25) is 0 Å². The van der Waals surface area contributed by atoms with Crippen LogP contribution >= 0.6 is 0 Å². The third kappa shape index (κ3) is 2.67. The summed E-state index contributed by atoms with van der Waals surface area (Å²) < 4.78 is 6.81. The fourth-order valence-corrected chi connectivity index (χ4v) is 2.54. The van der Waals surface area contributed by atoms with E-state index in [0.29, 0.717) is 24.4 Å². The van der Waals surface area contributed by atoms with Crippen LogP contribution in [-0.2, 0) is 0 Å². The fourth-order valence-electron chi connectivity index (χ4n) is 2.54. The van der Waals surface area contributed by atoms with Gasteiger partial charge >= 0.3 is 6.09 Å². The van der Waals surface area contributed by atoms with Crippen molar-refractivity contribution in [3.63, 3.8) is 0 Å². The molecule has 7 heteroatoms. The minimum absolute atomic E-state index is 0.182. The van der Waals surface area contributed by atoms with E-state index in [4.69, 9.17) is 4.74 Å². The molecular formula is C15H18N4O3. The van der Waals surface area contributed by atoms with Crippen LogP contribution in [0.3, 0.4) is 0 Å². The van der Waals surface area contributed by atoms with Crippen molar-refractivity contribution >= 4 is 22.9 Å². The zero-order valence-corrected chi connectivity index (χ0v) is 12.6. The van der Waals surface area contributed by atoms with E-state index in [-0.39, 0.29) is 12.0 Å². The first-order valence-corrected chi connectivity index (χ1v) is 7.23. The van der Waals surface area contributed by atoms with Gasteiger partial charge in [-0.15, -0.1) is 0 Å². The van der Waals surface area contributed by atoms with E-state index >= 15 is 0 Å². The zero-order valence-electron chi connectivity index (χ0n) is 12.6. The minimum atomic E-state index is -0.363. The largest absolute Gasteiger partial charge is 0.415 e. The molecule has 2 heterocycles. The van der Waals surface area contributed by atoms with Gasteiger partial charge in [0.2, 0.25) is 5.91 Å². The fraction of sp³-hybridized carbons (Fsp3) is 0.400. The highest BCUT2D eigenvalue weighted by molar-refractivity contribution is 5.91. The number of carbonyl (C=O) groups excluding carboxylic acids is 2. The number of benzene rings is 1. The molecule has 1 aromatic carbocycles. The summed E-state index contributed by atoms with van der Waals surface area (Å²) in [5.41, 5.74) is 1.47. The van der Waals surface area contributed by atoms with E-state index in [1.807, 2.05) is 13.0 Å². The molecule has 0 spiro atoms. The van der Waals surface area contributed by atoms with Gasteiger partial charge in [-0.3, -0.25) is 4.79 Å². The quantitative estimate of drug-likeness (QED) is 0.862. The van der Waals surface area contributed by atoms with Crippen LogP contribution in [0, 0.1) is 6.92 Å². The number of rotatable bonds is 1. The van der Waals surface area contributed by atoms with Crippen molar-refractivity contribution in [3.8, 4) is 5.75 Å². The lowest BCUT2D eigenvalue weighted by molar-refractivity contribution is 0.0927. The van der Waals surface area contributed by atoms with Crippen molar-refractivity contribution in [2.75, 3.05) is 26.2 Å². The number of fused-ring (bicyclic) bond motifs is 1. The lowest BCUT2D eigenvalue weighted by Gasteiger charge is -2.26. The molecule has 1 amide bonds. The predicted octanol–water partition coefficient (Wildman–Crippen LogP) is 1.41. The van der Waals surface area contributed by atoms with Gasteiger partial charge < -0.3 is 15.0 Å². The number of hydrogen-bond acceptors (Lipinski definition) is 5. The number of aryl methyl sites for hydroxylation is 1. The van der Waals surface area contributed by atoms with Gasteiger partial charge in [-0.05, 0) is 18.6 Å². The first-order chi connectivity index (χ1) is 10.6. The van der Waals surface area contributed by atoms with Gasteiger partial charge in [-0.25, -0.2) is 9.48 Å². The topological polar surface area (TPSA) is 76.5 Å². The maximum Gasteiger partial charge on any atom is 0.415 e. The molecule has 0 aliphatic carbocycles. The van der Waals surface area contributed by atoms with Gasteiger partial charge in [0.05, 0.1) is 11.7 Å². The Hall–Kier alpha value is -2.41. The van der Waals surface area contributed by atoms with E-state index in [1.165, 1.54) is 11.6 Å². The van der Waals surface area contributed by atoms with Crippen molar-refractivity contribution < 1.29 is 14.3 Å². The van der Waals surface area contributed by atoms with Crippen LogP contribution in [0.15, 0.2) is 18.3 Å². The number of aromatic nitrogens is 2. The predicted molar refractivity (Wildman–Crippen MR) is 81.2 cm³/mol. The minimum Gasteiger partial charge on any atom is -0.410 e. The van der Waals surface area contributed by atoms with Gasteiger partial charge in [-0.2, -0.15) is 5.10 Å². The highest BCUT2D eigenvalue weighted by Crippen LogP contribution is 2.26. The van der Waals surface area contributed by atoms with Crippen molar-refractivity contribution in [3.05, 3.63) is 23.9 Å². The molecule has 1 saturated heterocycles. The lowest BCUT2D eigenvalue weighted by Crippen LogP contribution is -2.47. The Balaban J connectivity index is 1.89. The third-order valence-corrected chi connectivity index (χ3v) is 3.74. The molecule has 1 aromatic heterocycles. The monoisotopic (exact) mass is 302 g/mol. The second-order valence-electron chi connectivity index (χ2n) is 5.36. The lowest BCUT2D eigenvalue weighted by atomic mass is 10.1. The van der Waals surface area contributed by atoms with Crippen LogP contribution < -0.4 is 10.1 Å². The number of ether oxygens (including phenoxy) is 1.